The van der Waals surface area contributed by atoms with Crippen molar-refractivity contribution in [2.24, 2.45) is 0 Å². The van der Waals surface area contributed by atoms with Crippen LogP contribution in [0.3, 0.4) is 0 Å². The molecule has 108 valence electrons. The van der Waals surface area contributed by atoms with Gasteiger partial charge in [-0.05, 0) is 39.0 Å². The molecule has 0 spiro atoms. The maximum Gasteiger partial charge on any atom is 0.153 e. The lowest BCUT2D eigenvalue weighted by molar-refractivity contribution is 0.867. The first kappa shape index (κ1) is 14.4. The Morgan fingerprint density at radius 3 is 2.48 bits per heavy atom. The van der Waals surface area contributed by atoms with E-state index >= 15 is 0 Å². The largest absolute Gasteiger partial charge is 0.382 e. The fourth-order valence-electron chi connectivity index (χ4n) is 2.33. The number of aromatic amines is 1. The minimum absolute atomic E-state index is 0.521. The minimum Gasteiger partial charge on any atom is -0.382 e. The maximum absolute atomic E-state index is 6.06. The van der Waals surface area contributed by atoms with Gasteiger partial charge < -0.3 is 5.73 Å². The first-order valence-corrected chi connectivity index (χ1v) is 8.42. The second-order valence-corrected chi connectivity index (χ2v) is 7.57. The van der Waals surface area contributed by atoms with Crippen molar-refractivity contribution in [1.29, 1.82) is 0 Å². The van der Waals surface area contributed by atoms with Crippen molar-refractivity contribution in [3.05, 3.63) is 45.1 Å². The lowest BCUT2D eigenvalue weighted by Crippen LogP contribution is -1.90. The van der Waals surface area contributed by atoms with E-state index in [0.717, 1.165) is 26.2 Å². The highest BCUT2D eigenvalue weighted by molar-refractivity contribution is 9.11. The number of hydrogen-bond donors (Lipinski definition) is 2. The van der Waals surface area contributed by atoms with Crippen LogP contribution in [0.5, 0.6) is 0 Å². The summed E-state index contributed by atoms with van der Waals surface area (Å²) in [4.78, 5) is 0. The number of anilines is 1. The van der Waals surface area contributed by atoms with Crippen molar-refractivity contribution in [3.8, 4) is 22.4 Å². The first-order chi connectivity index (χ1) is 10.1. The Hall–Kier alpha value is -1.59. The predicted molar refractivity (Wildman–Crippen MR) is 93.5 cm³/mol. The van der Waals surface area contributed by atoms with E-state index in [1.165, 1.54) is 5.56 Å². The third-order valence-corrected chi connectivity index (χ3v) is 5.02. The smallest absolute Gasteiger partial charge is 0.153 e. The molecule has 0 saturated carbocycles. The molecule has 0 radical (unpaired) electrons. The molecule has 2 heterocycles. The summed E-state index contributed by atoms with van der Waals surface area (Å²) in [5.41, 5.74) is 11.5. The Morgan fingerprint density at radius 2 is 1.90 bits per heavy atom. The summed E-state index contributed by atoms with van der Waals surface area (Å²) in [5.74, 6) is 1.05. The van der Waals surface area contributed by atoms with Gasteiger partial charge in [-0.3, -0.25) is 5.10 Å². The van der Waals surface area contributed by atoms with Crippen LogP contribution in [0.15, 0.2) is 39.5 Å². The Labute approximate surface area is 136 Å². The Balaban J connectivity index is 2.08. The highest BCUT2D eigenvalue weighted by Crippen LogP contribution is 2.37. The molecule has 0 fully saturated rings. The molecular weight excluding hydrogens is 346 g/mol. The zero-order valence-electron chi connectivity index (χ0n) is 11.9. The number of H-pyrrole nitrogens is 1. The van der Waals surface area contributed by atoms with Gasteiger partial charge >= 0.3 is 0 Å². The quantitative estimate of drug-likeness (QED) is 0.667. The van der Waals surface area contributed by atoms with Gasteiger partial charge in [0, 0.05) is 10.9 Å². The number of nitrogens with two attached hydrogens (primary N) is 1. The number of thiophene rings is 1. The minimum atomic E-state index is 0.521. The lowest BCUT2D eigenvalue weighted by atomic mass is 9.97. The standard InChI is InChI=1S/C16H16BrN3S/c1-9(2)10-3-5-11(6-4-10)14-15(19-20-16(14)18)12-7-13(17)21-8-12/h3-9H,1-2H3,(H3,18,19,20). The third-order valence-electron chi connectivity index (χ3n) is 3.52. The van der Waals surface area contributed by atoms with Gasteiger partial charge in [0.1, 0.15) is 0 Å². The number of rotatable bonds is 3. The third kappa shape index (κ3) is 2.76. The van der Waals surface area contributed by atoms with Gasteiger partial charge in [0.25, 0.3) is 0 Å². The summed E-state index contributed by atoms with van der Waals surface area (Å²) >= 11 is 5.14. The van der Waals surface area contributed by atoms with E-state index in [-0.39, 0.29) is 0 Å². The van der Waals surface area contributed by atoms with Crippen LogP contribution in [0.4, 0.5) is 5.82 Å². The topological polar surface area (TPSA) is 54.7 Å². The summed E-state index contributed by atoms with van der Waals surface area (Å²) in [5, 5.41) is 9.31. The average molecular weight is 362 g/mol. The van der Waals surface area contributed by atoms with Gasteiger partial charge in [0.05, 0.1) is 15.0 Å². The maximum atomic E-state index is 6.06. The van der Waals surface area contributed by atoms with Crippen LogP contribution in [0.25, 0.3) is 22.4 Å². The summed E-state index contributed by atoms with van der Waals surface area (Å²) in [6.07, 6.45) is 0. The molecule has 3 rings (SSSR count). The van der Waals surface area contributed by atoms with Crippen LogP contribution in [-0.4, -0.2) is 10.2 Å². The SMILES string of the molecule is CC(C)c1ccc(-c2c(N)n[nH]c2-c2csc(Br)c2)cc1. The fourth-order valence-corrected chi connectivity index (χ4v) is 3.48. The summed E-state index contributed by atoms with van der Waals surface area (Å²) < 4.78 is 1.09. The zero-order valence-corrected chi connectivity index (χ0v) is 14.3. The number of aromatic nitrogens is 2. The van der Waals surface area contributed by atoms with Gasteiger partial charge in [-0.15, -0.1) is 11.3 Å². The number of halogens is 1. The number of benzene rings is 1. The van der Waals surface area contributed by atoms with Crippen LogP contribution in [0.1, 0.15) is 25.3 Å². The Bertz CT molecular complexity index is 756. The molecule has 0 aliphatic carbocycles. The molecule has 2 aromatic heterocycles. The molecule has 0 atom stereocenters. The van der Waals surface area contributed by atoms with Crippen molar-refractivity contribution in [3.63, 3.8) is 0 Å². The molecule has 0 unspecified atom stereocenters. The average Bonchev–Trinajstić information content (AvgIpc) is 3.05. The number of nitrogens with one attached hydrogen (secondary N) is 1. The molecular formula is C16H16BrN3S. The highest BCUT2D eigenvalue weighted by Gasteiger charge is 2.16. The molecule has 1 aromatic carbocycles. The van der Waals surface area contributed by atoms with E-state index in [1.807, 2.05) is 0 Å². The van der Waals surface area contributed by atoms with Gasteiger partial charge in [0.2, 0.25) is 0 Å². The lowest BCUT2D eigenvalue weighted by Gasteiger charge is -2.07. The molecule has 0 amide bonds. The number of hydrogen-bond acceptors (Lipinski definition) is 3. The molecule has 3 nitrogen and oxygen atoms in total. The van der Waals surface area contributed by atoms with E-state index in [0.29, 0.717) is 11.7 Å². The Kier molecular flexibility index (Phi) is 3.87. The van der Waals surface area contributed by atoms with E-state index in [9.17, 15) is 0 Å². The van der Waals surface area contributed by atoms with Crippen LogP contribution in [0, 0.1) is 0 Å². The molecule has 3 N–H and O–H groups in total. The molecule has 5 heteroatoms. The summed E-state index contributed by atoms with van der Waals surface area (Å²) in [6, 6.07) is 10.6. The molecule has 0 saturated heterocycles. The monoisotopic (exact) mass is 361 g/mol. The van der Waals surface area contributed by atoms with Crippen LogP contribution in [0.2, 0.25) is 0 Å². The van der Waals surface area contributed by atoms with Crippen LogP contribution < -0.4 is 5.73 Å². The zero-order chi connectivity index (χ0) is 15.0. The normalized spacial score (nSPS) is 11.2. The van der Waals surface area contributed by atoms with E-state index in [2.05, 4.69) is 75.7 Å². The Morgan fingerprint density at radius 1 is 1.19 bits per heavy atom. The molecule has 0 aliphatic rings. The van der Waals surface area contributed by atoms with Crippen LogP contribution in [-0.2, 0) is 0 Å². The van der Waals surface area contributed by atoms with Crippen molar-refractivity contribution >= 4 is 33.1 Å². The van der Waals surface area contributed by atoms with Crippen molar-refractivity contribution in [2.45, 2.75) is 19.8 Å². The molecule has 21 heavy (non-hydrogen) atoms. The number of nitrogen functional groups attached to an aromatic ring is 1. The van der Waals surface area contributed by atoms with Crippen molar-refractivity contribution in [1.82, 2.24) is 10.2 Å². The van der Waals surface area contributed by atoms with Crippen molar-refractivity contribution in [2.75, 3.05) is 5.73 Å². The molecule has 0 bridgehead atoms. The summed E-state index contributed by atoms with van der Waals surface area (Å²) in [6.45, 7) is 4.38. The predicted octanol–water partition coefficient (Wildman–Crippen LogP) is 5.27. The van der Waals surface area contributed by atoms with Gasteiger partial charge in [-0.1, -0.05) is 38.1 Å². The van der Waals surface area contributed by atoms with E-state index in [4.69, 9.17) is 5.73 Å². The molecule has 0 aliphatic heterocycles. The van der Waals surface area contributed by atoms with Crippen LogP contribution >= 0.6 is 27.3 Å². The second-order valence-electron chi connectivity index (χ2n) is 5.28. The second kappa shape index (κ2) is 5.66. The first-order valence-electron chi connectivity index (χ1n) is 6.75. The van der Waals surface area contributed by atoms with E-state index in [1.54, 1.807) is 11.3 Å². The highest BCUT2D eigenvalue weighted by atomic mass is 79.9. The van der Waals surface area contributed by atoms with Gasteiger partial charge in [-0.25, -0.2) is 0 Å². The van der Waals surface area contributed by atoms with Crippen molar-refractivity contribution < 1.29 is 0 Å². The summed E-state index contributed by atoms with van der Waals surface area (Å²) in [7, 11) is 0. The molecule has 3 aromatic rings. The van der Waals surface area contributed by atoms with Gasteiger partial charge in [0.15, 0.2) is 5.82 Å². The number of nitrogens with zero attached hydrogens (tertiary/aromatic N) is 1. The fraction of sp³-hybridized carbons (Fsp3) is 0.188. The van der Waals surface area contributed by atoms with E-state index < -0.39 is 0 Å². The van der Waals surface area contributed by atoms with Gasteiger partial charge in [-0.2, -0.15) is 5.10 Å².